The summed E-state index contributed by atoms with van der Waals surface area (Å²) in [5.41, 5.74) is 2.11. The molecule has 0 aliphatic carbocycles. The van der Waals surface area contributed by atoms with Gasteiger partial charge in [-0.05, 0) is 31.1 Å². The predicted molar refractivity (Wildman–Crippen MR) is 108 cm³/mol. The average molecular weight is 389 g/mol. The van der Waals surface area contributed by atoms with E-state index in [1.165, 1.54) is 6.08 Å². The van der Waals surface area contributed by atoms with Gasteiger partial charge in [0.25, 0.3) is 5.91 Å². The molecule has 1 aromatic heterocycles. The Hall–Kier alpha value is -2.60. The third-order valence-corrected chi connectivity index (χ3v) is 4.19. The number of amides is 2. The first-order chi connectivity index (χ1) is 12.9. The number of nitrogens with one attached hydrogen (secondary N) is 2. The van der Waals surface area contributed by atoms with Crippen LogP contribution in [0.2, 0.25) is 5.15 Å². The van der Waals surface area contributed by atoms with Gasteiger partial charge in [-0.15, -0.1) is 0 Å². The Morgan fingerprint density at radius 3 is 2.52 bits per heavy atom. The lowest BCUT2D eigenvalue weighted by Crippen LogP contribution is -2.33. The molecule has 0 fully saturated rings. The van der Waals surface area contributed by atoms with Gasteiger partial charge in [0.1, 0.15) is 5.15 Å². The lowest BCUT2D eigenvalue weighted by molar-refractivity contribution is -0.116. The highest BCUT2D eigenvalue weighted by Crippen LogP contribution is 2.22. The molecule has 0 spiro atoms. The molecular formula is C20H25ClN4O2. The molecule has 2 rings (SSSR count). The van der Waals surface area contributed by atoms with Gasteiger partial charge in [0.15, 0.2) is 0 Å². The van der Waals surface area contributed by atoms with Crippen LogP contribution in [0.15, 0.2) is 36.4 Å². The number of aryl methyl sites for hydroxylation is 1. The van der Waals surface area contributed by atoms with E-state index < -0.39 is 0 Å². The Balaban J connectivity index is 1.80. The van der Waals surface area contributed by atoms with E-state index in [1.807, 2.05) is 13.0 Å². The van der Waals surface area contributed by atoms with E-state index >= 15 is 0 Å². The summed E-state index contributed by atoms with van der Waals surface area (Å²) in [6, 6.07) is 8.93. The standard InChI is InChI=1S/C20H25ClN4O2/c1-14(2)13-25-19(21)17(15(3)24-25)9-10-18(26)22-11-12-23-20(27)16-7-5-4-6-8-16/h4-10,14H,11-13H2,1-3H3,(H,22,26)(H,23,27)/b10-9+. The molecule has 0 radical (unpaired) electrons. The first-order valence-electron chi connectivity index (χ1n) is 8.90. The summed E-state index contributed by atoms with van der Waals surface area (Å²) in [5, 5.41) is 10.4. The normalized spacial score (nSPS) is 11.1. The van der Waals surface area contributed by atoms with E-state index in [0.717, 1.165) is 17.8 Å². The van der Waals surface area contributed by atoms with Crippen LogP contribution in [-0.2, 0) is 11.3 Å². The van der Waals surface area contributed by atoms with Gasteiger partial charge in [-0.25, -0.2) is 0 Å². The smallest absolute Gasteiger partial charge is 0.251 e. The molecule has 2 aromatic rings. The van der Waals surface area contributed by atoms with Crippen molar-refractivity contribution < 1.29 is 9.59 Å². The topological polar surface area (TPSA) is 76.0 Å². The van der Waals surface area contributed by atoms with Crippen LogP contribution < -0.4 is 10.6 Å². The second kappa shape index (κ2) is 9.92. The van der Waals surface area contributed by atoms with Gasteiger partial charge in [-0.3, -0.25) is 14.3 Å². The van der Waals surface area contributed by atoms with E-state index in [0.29, 0.717) is 29.7 Å². The Bertz CT molecular complexity index is 813. The van der Waals surface area contributed by atoms with E-state index in [4.69, 9.17) is 11.6 Å². The second-order valence-electron chi connectivity index (χ2n) is 6.61. The van der Waals surface area contributed by atoms with Crippen LogP contribution >= 0.6 is 11.6 Å². The predicted octanol–water partition coefficient (Wildman–Crippen LogP) is 3.06. The SMILES string of the molecule is Cc1nn(CC(C)C)c(Cl)c1/C=C/C(=O)NCCNC(=O)c1ccccc1. The fourth-order valence-corrected chi connectivity index (χ4v) is 2.80. The van der Waals surface area contributed by atoms with E-state index in [9.17, 15) is 9.59 Å². The molecular weight excluding hydrogens is 364 g/mol. The van der Waals surface area contributed by atoms with Gasteiger partial charge in [0.05, 0.1) is 5.69 Å². The molecule has 1 aromatic carbocycles. The highest BCUT2D eigenvalue weighted by Gasteiger charge is 2.12. The summed E-state index contributed by atoms with van der Waals surface area (Å²) < 4.78 is 1.75. The third-order valence-electron chi connectivity index (χ3n) is 3.79. The average Bonchev–Trinajstić information content (AvgIpc) is 2.90. The highest BCUT2D eigenvalue weighted by molar-refractivity contribution is 6.31. The van der Waals surface area contributed by atoms with Gasteiger partial charge < -0.3 is 10.6 Å². The number of halogens is 1. The van der Waals surface area contributed by atoms with Crippen LogP contribution in [0.4, 0.5) is 0 Å². The quantitative estimate of drug-likeness (QED) is 0.539. The molecule has 7 heteroatoms. The molecule has 2 N–H and O–H groups in total. The lowest BCUT2D eigenvalue weighted by atomic mass is 10.2. The zero-order chi connectivity index (χ0) is 19.8. The largest absolute Gasteiger partial charge is 0.351 e. The maximum absolute atomic E-state index is 12.0. The molecule has 0 bridgehead atoms. The van der Waals surface area contributed by atoms with Gasteiger partial charge in [-0.1, -0.05) is 43.6 Å². The minimum Gasteiger partial charge on any atom is -0.351 e. The Labute approximate surface area is 164 Å². The monoisotopic (exact) mass is 388 g/mol. The summed E-state index contributed by atoms with van der Waals surface area (Å²) in [6.45, 7) is 7.44. The molecule has 6 nitrogen and oxygen atoms in total. The van der Waals surface area contributed by atoms with E-state index in [-0.39, 0.29) is 11.8 Å². The fourth-order valence-electron chi connectivity index (χ4n) is 2.49. The molecule has 2 amide bonds. The van der Waals surface area contributed by atoms with E-state index in [2.05, 4.69) is 29.6 Å². The van der Waals surface area contributed by atoms with Crippen molar-refractivity contribution in [2.75, 3.05) is 13.1 Å². The van der Waals surface area contributed by atoms with Crippen molar-refractivity contribution in [2.24, 2.45) is 5.92 Å². The Morgan fingerprint density at radius 1 is 1.19 bits per heavy atom. The van der Waals surface area contributed by atoms with Crippen molar-refractivity contribution in [3.8, 4) is 0 Å². The maximum Gasteiger partial charge on any atom is 0.251 e. The molecule has 1 heterocycles. The van der Waals surface area contributed by atoms with Crippen molar-refractivity contribution in [3.63, 3.8) is 0 Å². The van der Waals surface area contributed by atoms with E-state index in [1.54, 1.807) is 35.0 Å². The highest BCUT2D eigenvalue weighted by atomic mass is 35.5. The third kappa shape index (κ3) is 6.25. The zero-order valence-corrected chi connectivity index (χ0v) is 16.6. The fraction of sp³-hybridized carbons (Fsp3) is 0.350. The van der Waals surface area contributed by atoms with Crippen molar-refractivity contribution in [2.45, 2.75) is 27.3 Å². The molecule has 144 valence electrons. The maximum atomic E-state index is 12.0. The lowest BCUT2D eigenvalue weighted by Gasteiger charge is -2.06. The van der Waals surface area contributed by atoms with Crippen LogP contribution in [0.25, 0.3) is 6.08 Å². The number of hydrogen-bond donors (Lipinski definition) is 2. The summed E-state index contributed by atoms with van der Waals surface area (Å²) >= 11 is 6.35. The number of hydrogen-bond acceptors (Lipinski definition) is 3. The van der Waals surface area contributed by atoms with Crippen LogP contribution in [-0.4, -0.2) is 34.7 Å². The number of benzene rings is 1. The summed E-state index contributed by atoms with van der Waals surface area (Å²) in [6.07, 6.45) is 3.09. The van der Waals surface area contributed by atoms with Crippen molar-refractivity contribution >= 4 is 29.5 Å². The van der Waals surface area contributed by atoms with Crippen LogP contribution in [0.1, 0.15) is 35.5 Å². The zero-order valence-electron chi connectivity index (χ0n) is 15.8. The van der Waals surface area contributed by atoms with Crippen molar-refractivity contribution in [1.82, 2.24) is 20.4 Å². The number of carbonyl (C=O) groups excluding carboxylic acids is 2. The van der Waals surface area contributed by atoms with Gasteiger partial charge in [0, 0.05) is 36.8 Å². The molecule has 0 saturated carbocycles. The number of aromatic nitrogens is 2. The molecule has 0 atom stereocenters. The number of nitrogens with zero attached hydrogens (tertiary/aromatic N) is 2. The molecule has 27 heavy (non-hydrogen) atoms. The summed E-state index contributed by atoms with van der Waals surface area (Å²) in [5.74, 6) is 0.00410. The molecule has 0 aliphatic rings. The Kier molecular flexibility index (Phi) is 7.61. The first-order valence-corrected chi connectivity index (χ1v) is 9.28. The van der Waals surface area contributed by atoms with Gasteiger partial charge in [0.2, 0.25) is 5.91 Å². The second-order valence-corrected chi connectivity index (χ2v) is 6.97. The van der Waals surface area contributed by atoms with Crippen LogP contribution in [0, 0.1) is 12.8 Å². The summed E-state index contributed by atoms with van der Waals surface area (Å²) in [7, 11) is 0. The Morgan fingerprint density at radius 2 is 1.85 bits per heavy atom. The van der Waals surface area contributed by atoms with Crippen LogP contribution in [0.5, 0.6) is 0 Å². The minimum atomic E-state index is -0.254. The molecule has 0 aliphatic heterocycles. The van der Waals surface area contributed by atoms with Crippen molar-refractivity contribution in [3.05, 3.63) is 58.4 Å². The minimum absolute atomic E-state index is 0.166. The van der Waals surface area contributed by atoms with Gasteiger partial charge in [-0.2, -0.15) is 5.10 Å². The number of rotatable bonds is 8. The first kappa shape index (κ1) is 20.7. The molecule has 0 saturated heterocycles. The molecule has 0 unspecified atom stereocenters. The summed E-state index contributed by atoms with van der Waals surface area (Å²) in [4.78, 5) is 23.8. The van der Waals surface area contributed by atoms with Crippen molar-refractivity contribution in [1.29, 1.82) is 0 Å². The van der Waals surface area contributed by atoms with Crippen LogP contribution in [0.3, 0.4) is 0 Å². The number of carbonyl (C=O) groups is 2. The van der Waals surface area contributed by atoms with Gasteiger partial charge >= 0.3 is 0 Å².